The van der Waals surface area contributed by atoms with Gasteiger partial charge in [0.25, 0.3) is 5.56 Å². The number of carbonyl (C=O) groups is 1. The molecule has 1 aliphatic carbocycles. The first kappa shape index (κ1) is 28.6. The van der Waals surface area contributed by atoms with Crippen LogP contribution in [-0.4, -0.2) is 53.1 Å². The molecule has 11 heteroatoms. The Kier molecular flexibility index (Phi) is 7.04. The molecule has 1 aliphatic heterocycles. The number of nitrogens with one attached hydrogen (secondary N) is 1. The Morgan fingerprint density at radius 3 is 2.45 bits per heavy atom. The quantitative estimate of drug-likeness (QED) is 0.272. The van der Waals surface area contributed by atoms with Crippen molar-refractivity contribution in [1.29, 1.82) is 0 Å². The number of aromatic nitrogens is 3. The van der Waals surface area contributed by atoms with Crippen molar-refractivity contribution in [3.63, 3.8) is 0 Å². The summed E-state index contributed by atoms with van der Waals surface area (Å²) in [6, 6.07) is 6.64. The van der Waals surface area contributed by atoms with Gasteiger partial charge in [-0.05, 0) is 55.7 Å². The zero-order valence-corrected chi connectivity index (χ0v) is 26.1. The minimum absolute atomic E-state index is 0.104. The minimum Gasteiger partial charge on any atom is -0.476 e. The van der Waals surface area contributed by atoms with Crippen molar-refractivity contribution in [1.82, 2.24) is 14.5 Å². The molecule has 2 aliphatic rings. The van der Waals surface area contributed by atoms with Gasteiger partial charge in [-0.3, -0.25) is 9.36 Å². The number of nitrogens with zero attached hydrogens (tertiary/aromatic N) is 4. The molecule has 5 rings (SSSR count). The first-order chi connectivity index (χ1) is 18.6. The average molecular weight is 584 g/mol. The summed E-state index contributed by atoms with van der Waals surface area (Å²) in [6.07, 6.45) is 0.286. The van der Waals surface area contributed by atoms with Gasteiger partial charge in [0.2, 0.25) is 5.95 Å². The summed E-state index contributed by atoms with van der Waals surface area (Å²) in [6.45, 7) is 16.9. The number of carboxylic acids is 1. The van der Waals surface area contributed by atoms with Crippen molar-refractivity contribution < 1.29 is 14.3 Å². The second kappa shape index (κ2) is 9.85. The predicted octanol–water partition coefficient (Wildman–Crippen LogP) is 5.62. The van der Waals surface area contributed by atoms with E-state index >= 15 is 0 Å². The highest BCUT2D eigenvalue weighted by Crippen LogP contribution is 2.52. The van der Waals surface area contributed by atoms with Gasteiger partial charge in [0.05, 0.1) is 28.7 Å². The van der Waals surface area contributed by atoms with Crippen molar-refractivity contribution in [3.05, 3.63) is 56.6 Å². The summed E-state index contributed by atoms with van der Waals surface area (Å²) in [7, 11) is -0.0683. The molecule has 3 heterocycles. The topological polar surface area (TPSA) is 110 Å². The molecule has 2 unspecified atom stereocenters. The fourth-order valence-electron chi connectivity index (χ4n) is 5.51. The maximum atomic E-state index is 13.6. The number of piperidine rings is 1. The van der Waals surface area contributed by atoms with Crippen LogP contribution in [0.1, 0.15) is 55.4 Å². The summed E-state index contributed by atoms with van der Waals surface area (Å²) in [5.41, 5.74) is 2.41. The fourth-order valence-corrected chi connectivity index (χ4v) is 7.04. The first-order valence-corrected chi connectivity index (χ1v) is 17.0. The minimum atomic E-state index is -1.85. The molecule has 9 nitrogen and oxygen atoms in total. The highest BCUT2D eigenvalue weighted by atomic mass is 35.5. The SMILES string of the molecule is Cc1cc(C(C)Nc2ccc(Cl)nc2C(=O)O)c2nc(N3C[C@@H]4C(O[Si](C)(C)C(C)(C)C)[C@@H]4C3)n(C)c(=O)c2c1. The average Bonchev–Trinajstić information content (AvgIpc) is 3.27. The molecular weight excluding hydrogens is 546 g/mol. The summed E-state index contributed by atoms with van der Waals surface area (Å²) in [4.78, 5) is 36.6. The van der Waals surface area contributed by atoms with E-state index in [1.165, 1.54) is 0 Å². The molecule has 0 radical (unpaired) electrons. The lowest BCUT2D eigenvalue weighted by atomic mass is 10.0. The van der Waals surface area contributed by atoms with Gasteiger partial charge in [-0.15, -0.1) is 0 Å². The zero-order chi connectivity index (χ0) is 29.3. The van der Waals surface area contributed by atoms with E-state index in [9.17, 15) is 14.7 Å². The van der Waals surface area contributed by atoms with E-state index in [4.69, 9.17) is 21.0 Å². The van der Waals surface area contributed by atoms with Crippen molar-refractivity contribution >= 4 is 48.4 Å². The number of aromatic carboxylic acids is 1. The summed E-state index contributed by atoms with van der Waals surface area (Å²) in [5.74, 6) is 0.370. The Morgan fingerprint density at radius 1 is 1.20 bits per heavy atom. The third-order valence-corrected chi connectivity index (χ3v) is 13.6. The van der Waals surface area contributed by atoms with Gasteiger partial charge in [0.1, 0.15) is 5.15 Å². The summed E-state index contributed by atoms with van der Waals surface area (Å²) < 4.78 is 8.35. The molecular formula is C29H38ClN5O4Si. The normalized spacial score (nSPS) is 21.4. The third-order valence-electron chi connectivity index (χ3n) is 8.87. The number of pyridine rings is 1. The highest BCUT2D eigenvalue weighted by Gasteiger charge is 2.59. The lowest BCUT2D eigenvalue weighted by Gasteiger charge is -2.37. The maximum absolute atomic E-state index is 13.6. The molecule has 1 aromatic carbocycles. The van der Waals surface area contributed by atoms with Crippen LogP contribution in [-0.2, 0) is 11.5 Å². The number of aryl methyl sites for hydroxylation is 1. The Balaban J connectivity index is 1.45. The standard InChI is InChI=1S/C29H38ClN5O4Si/c1-15-11-17(16(2)31-21-9-10-22(30)32-24(21)27(37)38)23-18(12-15)26(36)34(6)28(33-23)35-13-19-20(14-35)25(19)39-40(7,8)29(3,4)5/h9-12,16,19-20,25,31H,13-14H2,1-8H3,(H,37,38)/t16?,19-,20+,25?. The van der Waals surface area contributed by atoms with Crippen molar-refractivity contribution in [2.75, 3.05) is 23.3 Å². The molecule has 0 amide bonds. The van der Waals surface area contributed by atoms with E-state index in [0.29, 0.717) is 34.4 Å². The highest BCUT2D eigenvalue weighted by molar-refractivity contribution is 6.74. The van der Waals surface area contributed by atoms with Crippen molar-refractivity contribution in [2.45, 2.75) is 64.9 Å². The number of hydrogen-bond acceptors (Lipinski definition) is 7. The van der Waals surface area contributed by atoms with Gasteiger partial charge >= 0.3 is 5.97 Å². The second-order valence-corrected chi connectivity index (χ2v) is 17.9. The number of rotatable bonds is 7. The smallest absolute Gasteiger partial charge is 0.356 e. The lowest BCUT2D eigenvalue weighted by Crippen LogP contribution is -2.43. The van der Waals surface area contributed by atoms with Gasteiger partial charge in [-0.2, -0.15) is 0 Å². The van der Waals surface area contributed by atoms with Crippen LogP contribution < -0.4 is 15.8 Å². The first-order valence-electron chi connectivity index (χ1n) is 13.7. The molecule has 2 aromatic heterocycles. The number of hydrogen-bond donors (Lipinski definition) is 2. The van der Waals surface area contributed by atoms with Crippen molar-refractivity contribution in [3.8, 4) is 0 Å². The Bertz CT molecular complexity index is 1550. The van der Waals surface area contributed by atoms with Crippen LogP contribution in [0.25, 0.3) is 10.9 Å². The molecule has 214 valence electrons. The van der Waals surface area contributed by atoms with Gasteiger partial charge in [0.15, 0.2) is 14.0 Å². The molecule has 3 aromatic rings. The maximum Gasteiger partial charge on any atom is 0.356 e. The van der Waals surface area contributed by atoms with Gasteiger partial charge in [-0.25, -0.2) is 14.8 Å². The van der Waals surface area contributed by atoms with Gasteiger partial charge < -0.3 is 19.7 Å². The molecule has 40 heavy (non-hydrogen) atoms. The molecule has 1 saturated heterocycles. The lowest BCUT2D eigenvalue weighted by molar-refractivity contribution is 0.0691. The third kappa shape index (κ3) is 5.01. The van der Waals surface area contributed by atoms with Crippen LogP contribution in [0.2, 0.25) is 23.3 Å². The van der Waals surface area contributed by atoms with E-state index in [-0.39, 0.29) is 33.6 Å². The van der Waals surface area contributed by atoms with Crippen LogP contribution >= 0.6 is 11.6 Å². The van der Waals surface area contributed by atoms with Gasteiger partial charge in [0, 0.05) is 37.5 Å². The van der Waals surface area contributed by atoms with Crippen LogP contribution in [0, 0.1) is 18.8 Å². The van der Waals surface area contributed by atoms with E-state index < -0.39 is 14.3 Å². The Morgan fingerprint density at radius 2 is 1.85 bits per heavy atom. The van der Waals surface area contributed by atoms with Crippen LogP contribution in [0.5, 0.6) is 0 Å². The van der Waals surface area contributed by atoms with E-state index in [1.54, 1.807) is 23.7 Å². The second-order valence-electron chi connectivity index (χ2n) is 12.8. The molecule has 1 saturated carbocycles. The molecule has 2 fully saturated rings. The molecule has 2 N–H and O–H groups in total. The number of fused-ring (bicyclic) bond motifs is 2. The van der Waals surface area contributed by atoms with Crippen LogP contribution in [0.4, 0.5) is 11.6 Å². The van der Waals surface area contributed by atoms with E-state index in [2.05, 4.69) is 49.1 Å². The molecule has 4 atom stereocenters. The largest absolute Gasteiger partial charge is 0.476 e. The number of anilines is 2. The number of benzene rings is 1. The number of carboxylic acid groups (broad SMARTS) is 1. The van der Waals surface area contributed by atoms with E-state index in [1.807, 2.05) is 26.0 Å². The predicted molar refractivity (Wildman–Crippen MR) is 161 cm³/mol. The van der Waals surface area contributed by atoms with Crippen LogP contribution in [0.15, 0.2) is 29.1 Å². The summed E-state index contributed by atoms with van der Waals surface area (Å²) >= 11 is 5.94. The van der Waals surface area contributed by atoms with Crippen LogP contribution in [0.3, 0.4) is 0 Å². The van der Waals surface area contributed by atoms with E-state index in [0.717, 1.165) is 24.2 Å². The monoisotopic (exact) mass is 583 g/mol. The molecule has 0 spiro atoms. The Hall–Kier alpha value is -2.95. The Labute approximate surface area is 240 Å². The van der Waals surface area contributed by atoms with Gasteiger partial charge in [-0.1, -0.05) is 38.4 Å². The van der Waals surface area contributed by atoms with Crippen molar-refractivity contribution in [2.24, 2.45) is 18.9 Å². The zero-order valence-electron chi connectivity index (χ0n) is 24.4. The fraction of sp³-hybridized carbons (Fsp3) is 0.517. The summed E-state index contributed by atoms with van der Waals surface area (Å²) in [5, 5.41) is 13.7. The number of halogens is 1. The molecule has 0 bridgehead atoms.